The number of aromatic nitrogens is 2. The third-order valence-electron chi connectivity index (χ3n) is 2.64. The van der Waals surface area contributed by atoms with Gasteiger partial charge in [0.15, 0.2) is 12.4 Å². The van der Waals surface area contributed by atoms with Gasteiger partial charge in [0, 0.05) is 23.0 Å². The lowest BCUT2D eigenvalue weighted by molar-refractivity contribution is 0.240. The van der Waals surface area contributed by atoms with Gasteiger partial charge in [0.25, 0.3) is 5.89 Å². The van der Waals surface area contributed by atoms with E-state index >= 15 is 0 Å². The zero-order valence-electron chi connectivity index (χ0n) is 10.9. The standard InChI is InChI=1S/C13H16ClN3O2/c1-3-12-16-13(19-17-12)7-18-11-5-4-9(14)6-10(11)8(2)15/h4-6,8H,3,7,15H2,1-2H3. The maximum Gasteiger partial charge on any atom is 0.264 e. The number of hydrogen-bond acceptors (Lipinski definition) is 5. The lowest BCUT2D eigenvalue weighted by Crippen LogP contribution is -2.08. The molecule has 0 radical (unpaired) electrons. The van der Waals surface area contributed by atoms with Gasteiger partial charge in [-0.15, -0.1) is 0 Å². The number of hydrogen-bond donors (Lipinski definition) is 1. The number of aryl methyl sites for hydroxylation is 1. The average molecular weight is 282 g/mol. The molecule has 2 N–H and O–H groups in total. The van der Waals surface area contributed by atoms with Crippen LogP contribution < -0.4 is 10.5 Å². The average Bonchev–Trinajstić information content (AvgIpc) is 2.85. The van der Waals surface area contributed by atoms with Crippen LogP contribution in [0.25, 0.3) is 0 Å². The second-order valence-electron chi connectivity index (χ2n) is 4.22. The molecule has 1 atom stereocenters. The highest BCUT2D eigenvalue weighted by atomic mass is 35.5. The Kier molecular flexibility index (Phi) is 4.39. The van der Waals surface area contributed by atoms with Gasteiger partial charge in [-0.1, -0.05) is 23.7 Å². The van der Waals surface area contributed by atoms with Crippen LogP contribution in [0.4, 0.5) is 0 Å². The Morgan fingerprint density at radius 2 is 2.26 bits per heavy atom. The van der Waals surface area contributed by atoms with Crippen molar-refractivity contribution in [1.82, 2.24) is 10.1 Å². The number of benzene rings is 1. The van der Waals surface area contributed by atoms with Crippen molar-refractivity contribution in [1.29, 1.82) is 0 Å². The van der Waals surface area contributed by atoms with Gasteiger partial charge in [0.05, 0.1) is 0 Å². The zero-order valence-corrected chi connectivity index (χ0v) is 11.6. The van der Waals surface area contributed by atoms with Gasteiger partial charge in [-0.05, 0) is 25.1 Å². The van der Waals surface area contributed by atoms with E-state index in [-0.39, 0.29) is 12.6 Å². The minimum Gasteiger partial charge on any atom is -0.483 e. The smallest absolute Gasteiger partial charge is 0.264 e. The molecule has 2 aromatic rings. The van der Waals surface area contributed by atoms with Crippen molar-refractivity contribution in [2.45, 2.75) is 32.9 Å². The Hall–Kier alpha value is -1.59. The molecule has 0 bridgehead atoms. The Labute approximate surface area is 116 Å². The molecule has 6 heteroatoms. The molecule has 1 unspecified atom stereocenters. The Morgan fingerprint density at radius 3 is 2.89 bits per heavy atom. The lowest BCUT2D eigenvalue weighted by Gasteiger charge is -2.13. The maximum absolute atomic E-state index is 5.95. The SMILES string of the molecule is CCc1noc(COc2ccc(Cl)cc2C(C)N)n1. The van der Waals surface area contributed by atoms with E-state index in [0.717, 1.165) is 12.0 Å². The predicted octanol–water partition coefficient (Wildman–Crippen LogP) is 2.88. The highest BCUT2D eigenvalue weighted by Gasteiger charge is 2.11. The van der Waals surface area contributed by atoms with Crippen molar-refractivity contribution in [3.05, 3.63) is 40.5 Å². The monoisotopic (exact) mass is 281 g/mol. The molecule has 0 aliphatic heterocycles. The molecule has 0 saturated carbocycles. The van der Waals surface area contributed by atoms with Crippen molar-refractivity contribution >= 4 is 11.6 Å². The molecule has 0 saturated heterocycles. The van der Waals surface area contributed by atoms with Crippen LogP contribution in [0.15, 0.2) is 22.7 Å². The molecule has 0 fully saturated rings. The first-order chi connectivity index (χ1) is 9.10. The predicted molar refractivity (Wildman–Crippen MR) is 72.1 cm³/mol. The second kappa shape index (κ2) is 6.04. The van der Waals surface area contributed by atoms with Gasteiger partial charge >= 0.3 is 0 Å². The van der Waals surface area contributed by atoms with Crippen molar-refractivity contribution in [2.24, 2.45) is 5.73 Å². The minimum absolute atomic E-state index is 0.164. The summed E-state index contributed by atoms with van der Waals surface area (Å²) in [5.41, 5.74) is 6.74. The quantitative estimate of drug-likeness (QED) is 0.912. The summed E-state index contributed by atoms with van der Waals surface area (Å²) in [6.07, 6.45) is 0.732. The number of ether oxygens (including phenoxy) is 1. The molecule has 19 heavy (non-hydrogen) atoms. The summed E-state index contributed by atoms with van der Waals surface area (Å²) in [6.45, 7) is 4.05. The van der Waals surface area contributed by atoms with Crippen LogP contribution in [0.3, 0.4) is 0 Å². The first-order valence-corrected chi connectivity index (χ1v) is 6.47. The van der Waals surface area contributed by atoms with E-state index in [0.29, 0.717) is 22.5 Å². The van der Waals surface area contributed by atoms with Crippen molar-refractivity contribution < 1.29 is 9.26 Å². The Bertz CT molecular complexity index is 555. The van der Waals surface area contributed by atoms with Gasteiger partial charge in [0.2, 0.25) is 0 Å². The highest BCUT2D eigenvalue weighted by molar-refractivity contribution is 6.30. The molecule has 1 aromatic heterocycles. The third kappa shape index (κ3) is 3.45. The molecular formula is C13H16ClN3O2. The van der Waals surface area contributed by atoms with Crippen molar-refractivity contribution in [3.63, 3.8) is 0 Å². The fourth-order valence-corrected chi connectivity index (χ4v) is 1.82. The van der Waals surface area contributed by atoms with Crippen LogP contribution in [-0.2, 0) is 13.0 Å². The number of rotatable bonds is 5. The first kappa shape index (κ1) is 13.8. The largest absolute Gasteiger partial charge is 0.483 e. The van der Waals surface area contributed by atoms with E-state index in [1.54, 1.807) is 18.2 Å². The van der Waals surface area contributed by atoms with Crippen LogP contribution >= 0.6 is 11.6 Å². The molecule has 1 aromatic carbocycles. The molecule has 5 nitrogen and oxygen atoms in total. The summed E-state index contributed by atoms with van der Waals surface area (Å²) in [5, 5.41) is 4.44. The van der Waals surface area contributed by atoms with E-state index in [4.69, 9.17) is 26.6 Å². The van der Waals surface area contributed by atoms with E-state index < -0.39 is 0 Å². The molecular weight excluding hydrogens is 266 g/mol. The first-order valence-electron chi connectivity index (χ1n) is 6.09. The number of nitrogens with zero attached hydrogens (tertiary/aromatic N) is 2. The molecule has 0 aliphatic carbocycles. The Balaban J connectivity index is 2.10. The third-order valence-corrected chi connectivity index (χ3v) is 2.88. The summed E-state index contributed by atoms with van der Waals surface area (Å²) < 4.78 is 10.7. The van der Waals surface area contributed by atoms with Crippen LogP contribution in [0.1, 0.15) is 37.2 Å². The minimum atomic E-state index is -0.164. The van der Waals surface area contributed by atoms with Gasteiger partial charge in [0.1, 0.15) is 5.75 Å². The van der Waals surface area contributed by atoms with Crippen molar-refractivity contribution in [2.75, 3.05) is 0 Å². The van der Waals surface area contributed by atoms with Crippen molar-refractivity contribution in [3.8, 4) is 5.75 Å². The molecule has 0 amide bonds. The van der Waals surface area contributed by atoms with E-state index in [9.17, 15) is 0 Å². The van der Waals surface area contributed by atoms with Crippen LogP contribution in [0.5, 0.6) is 5.75 Å². The molecule has 1 heterocycles. The zero-order chi connectivity index (χ0) is 13.8. The van der Waals surface area contributed by atoms with Crippen LogP contribution in [0.2, 0.25) is 5.02 Å². The molecule has 2 rings (SSSR count). The highest BCUT2D eigenvalue weighted by Crippen LogP contribution is 2.27. The van der Waals surface area contributed by atoms with Gasteiger partial charge in [-0.25, -0.2) is 0 Å². The van der Waals surface area contributed by atoms with E-state index in [2.05, 4.69) is 10.1 Å². The number of halogens is 1. The van der Waals surface area contributed by atoms with Gasteiger partial charge < -0.3 is 15.0 Å². The Morgan fingerprint density at radius 1 is 1.47 bits per heavy atom. The molecule has 0 spiro atoms. The topological polar surface area (TPSA) is 74.2 Å². The lowest BCUT2D eigenvalue weighted by atomic mass is 10.1. The van der Waals surface area contributed by atoms with E-state index in [1.807, 2.05) is 13.8 Å². The fourth-order valence-electron chi connectivity index (χ4n) is 1.64. The fraction of sp³-hybridized carbons (Fsp3) is 0.385. The summed E-state index contributed by atoms with van der Waals surface area (Å²) >= 11 is 5.95. The summed E-state index contributed by atoms with van der Waals surface area (Å²) in [6, 6.07) is 5.18. The normalized spacial score (nSPS) is 12.4. The van der Waals surface area contributed by atoms with Crippen LogP contribution in [-0.4, -0.2) is 10.1 Å². The summed E-state index contributed by atoms with van der Waals surface area (Å²) in [7, 11) is 0. The maximum atomic E-state index is 5.95. The van der Waals surface area contributed by atoms with Gasteiger partial charge in [-0.3, -0.25) is 0 Å². The molecule has 0 aliphatic rings. The second-order valence-corrected chi connectivity index (χ2v) is 4.65. The van der Waals surface area contributed by atoms with Gasteiger partial charge in [-0.2, -0.15) is 4.98 Å². The summed E-state index contributed by atoms with van der Waals surface area (Å²) in [5.74, 6) is 1.79. The number of nitrogens with two attached hydrogens (primary N) is 1. The van der Waals surface area contributed by atoms with E-state index in [1.165, 1.54) is 0 Å². The summed E-state index contributed by atoms with van der Waals surface area (Å²) in [4.78, 5) is 4.18. The molecule has 102 valence electrons. The van der Waals surface area contributed by atoms with Crippen LogP contribution in [0, 0.1) is 0 Å².